The van der Waals surface area contributed by atoms with Gasteiger partial charge in [-0.1, -0.05) is 311 Å². The SMILES string of the molecule is CCCCCCCCCCCCCCCCCCCCC(=O)O[C@H](COC(=O)CCCCCCCCCCCCCCCCCCC)COP(=O)(O)OC[C@@H](O)COP(=O)(O)OC[C@@H](COC(=O)CCCCCCC)OC(=O)CCCCCCCCC(C)C. The Hall–Kier alpha value is -1.94. The van der Waals surface area contributed by atoms with Crippen LogP contribution in [0.15, 0.2) is 0 Å². The van der Waals surface area contributed by atoms with Crippen LogP contribution in [0.25, 0.3) is 0 Å². The molecule has 0 amide bonds. The molecule has 0 radical (unpaired) electrons. The van der Waals surface area contributed by atoms with Gasteiger partial charge in [-0.15, -0.1) is 0 Å². The highest BCUT2D eigenvalue weighted by Crippen LogP contribution is 2.45. The zero-order valence-corrected chi connectivity index (χ0v) is 59.4. The Kier molecular flexibility index (Phi) is 62.1. The fourth-order valence-electron chi connectivity index (χ4n) is 10.6. The molecule has 2 unspecified atom stereocenters. The number of carbonyl (C=O) groups is 4. The summed E-state index contributed by atoms with van der Waals surface area (Å²) in [4.78, 5) is 72.2. The van der Waals surface area contributed by atoms with E-state index in [0.717, 1.165) is 96.3 Å². The van der Waals surface area contributed by atoms with Gasteiger partial charge in [0.1, 0.15) is 19.3 Å². The van der Waals surface area contributed by atoms with Crippen molar-refractivity contribution in [3.8, 4) is 0 Å². The number of phosphoric ester groups is 2. The fraction of sp³-hybridized carbons (Fsp3) is 0.943. The van der Waals surface area contributed by atoms with Crippen molar-refractivity contribution in [1.82, 2.24) is 0 Å². The van der Waals surface area contributed by atoms with Gasteiger partial charge in [-0.2, -0.15) is 0 Å². The highest BCUT2D eigenvalue weighted by atomic mass is 31.2. The molecule has 0 aliphatic rings. The maximum atomic E-state index is 13.0. The number of esters is 4. The molecule has 0 aromatic carbocycles. The average Bonchev–Trinajstić information content (AvgIpc) is 3.57. The summed E-state index contributed by atoms with van der Waals surface area (Å²) in [5.41, 5.74) is 0. The van der Waals surface area contributed by atoms with Gasteiger partial charge in [-0.05, 0) is 31.6 Å². The van der Waals surface area contributed by atoms with Gasteiger partial charge >= 0.3 is 39.5 Å². The number of phosphoric acid groups is 2. The molecule has 0 rings (SSSR count). The lowest BCUT2D eigenvalue weighted by Gasteiger charge is -2.21. The minimum Gasteiger partial charge on any atom is -0.462 e. The summed E-state index contributed by atoms with van der Waals surface area (Å²) in [6, 6.07) is 0. The largest absolute Gasteiger partial charge is 0.472 e. The van der Waals surface area contributed by atoms with Gasteiger partial charge in [-0.25, -0.2) is 9.13 Å². The van der Waals surface area contributed by atoms with Crippen LogP contribution in [0.4, 0.5) is 0 Å². The van der Waals surface area contributed by atoms with Gasteiger partial charge in [0, 0.05) is 25.7 Å². The van der Waals surface area contributed by atoms with Gasteiger partial charge in [0.25, 0.3) is 0 Å². The fourth-order valence-corrected chi connectivity index (χ4v) is 12.2. The molecule has 0 aromatic heterocycles. The second-order valence-corrected chi connectivity index (χ2v) is 28.7. The number of hydrogen-bond donors (Lipinski definition) is 3. The summed E-state index contributed by atoms with van der Waals surface area (Å²) >= 11 is 0. The molecule has 0 saturated carbocycles. The minimum atomic E-state index is -4.95. The monoisotopic (exact) mass is 1310 g/mol. The summed E-state index contributed by atoms with van der Waals surface area (Å²) in [7, 11) is -9.89. The lowest BCUT2D eigenvalue weighted by Crippen LogP contribution is -2.30. The molecule has 528 valence electrons. The molecular formula is C70H136O17P2. The first kappa shape index (κ1) is 87.1. The molecule has 0 saturated heterocycles. The molecule has 0 aliphatic carbocycles. The highest BCUT2D eigenvalue weighted by Gasteiger charge is 2.30. The smallest absolute Gasteiger partial charge is 0.462 e. The number of aliphatic hydroxyl groups excluding tert-OH is 1. The van der Waals surface area contributed by atoms with Crippen LogP contribution in [0.3, 0.4) is 0 Å². The summed E-state index contributed by atoms with van der Waals surface area (Å²) in [5, 5.41) is 10.5. The first-order valence-electron chi connectivity index (χ1n) is 36.6. The van der Waals surface area contributed by atoms with E-state index in [1.54, 1.807) is 0 Å². The van der Waals surface area contributed by atoms with Crippen LogP contribution < -0.4 is 0 Å². The third kappa shape index (κ3) is 64.6. The Balaban J connectivity index is 5.13. The summed E-state index contributed by atoms with van der Waals surface area (Å²) in [5.74, 6) is -1.47. The van der Waals surface area contributed by atoms with E-state index in [9.17, 15) is 43.2 Å². The molecule has 0 aromatic rings. The van der Waals surface area contributed by atoms with E-state index in [1.807, 2.05) is 0 Å². The van der Waals surface area contributed by atoms with E-state index in [-0.39, 0.29) is 25.7 Å². The van der Waals surface area contributed by atoms with Crippen LogP contribution in [0.2, 0.25) is 0 Å². The second kappa shape index (κ2) is 63.5. The van der Waals surface area contributed by atoms with Crippen molar-refractivity contribution in [3.05, 3.63) is 0 Å². The normalized spacial score (nSPS) is 14.1. The third-order valence-electron chi connectivity index (χ3n) is 16.3. The molecule has 19 heteroatoms. The predicted octanol–water partition coefficient (Wildman–Crippen LogP) is 20.1. The topological polar surface area (TPSA) is 237 Å². The maximum Gasteiger partial charge on any atom is 0.472 e. The minimum absolute atomic E-state index is 0.102. The molecule has 0 heterocycles. The standard InChI is InChI=1S/C70H136O17P2/c1-6-9-12-15-17-19-21-23-25-27-29-31-33-35-37-39-45-50-55-69(74)86-66(60-81-68(73)54-49-44-38-36-34-32-30-28-26-24-22-20-18-16-13-10-7-2)62-85-89(78,79)83-58-64(71)57-82-88(76,77)84-61-65(59-80-67(72)53-48-42-14-11-8-3)87-70(75)56-51-46-41-40-43-47-52-63(4)5/h63-66,71H,6-62H2,1-5H3,(H,76,77)(H,78,79)/t64-,65+,66+/m0/s1. The lowest BCUT2D eigenvalue weighted by atomic mass is 10.0. The molecule has 0 fully saturated rings. The van der Waals surface area contributed by atoms with E-state index in [2.05, 4.69) is 34.6 Å². The van der Waals surface area contributed by atoms with Crippen molar-refractivity contribution < 1.29 is 80.2 Å². The maximum absolute atomic E-state index is 13.0. The molecular weight excluding hydrogens is 1170 g/mol. The molecule has 17 nitrogen and oxygen atoms in total. The van der Waals surface area contributed by atoms with Crippen LogP contribution in [0.1, 0.15) is 362 Å². The van der Waals surface area contributed by atoms with Gasteiger partial charge in [0.15, 0.2) is 12.2 Å². The number of hydrogen-bond acceptors (Lipinski definition) is 15. The van der Waals surface area contributed by atoms with Crippen molar-refractivity contribution >= 4 is 39.5 Å². The Morgan fingerprint density at radius 3 is 0.764 bits per heavy atom. The zero-order valence-electron chi connectivity index (χ0n) is 57.6. The van der Waals surface area contributed by atoms with Crippen molar-refractivity contribution in [2.75, 3.05) is 39.6 Å². The number of unbranched alkanes of at least 4 members (excludes halogenated alkanes) is 42. The molecule has 3 N–H and O–H groups in total. The highest BCUT2D eigenvalue weighted by molar-refractivity contribution is 7.47. The lowest BCUT2D eigenvalue weighted by molar-refractivity contribution is -0.161. The van der Waals surface area contributed by atoms with Crippen molar-refractivity contribution in [2.24, 2.45) is 5.92 Å². The van der Waals surface area contributed by atoms with Gasteiger partial charge in [0.2, 0.25) is 0 Å². The molecule has 0 spiro atoms. The summed E-state index contributed by atoms with van der Waals surface area (Å²) < 4.78 is 68.0. The van der Waals surface area contributed by atoms with Crippen LogP contribution in [-0.2, 0) is 65.4 Å². The van der Waals surface area contributed by atoms with E-state index >= 15 is 0 Å². The van der Waals surface area contributed by atoms with Crippen molar-refractivity contribution in [2.45, 2.75) is 380 Å². The predicted molar refractivity (Wildman–Crippen MR) is 358 cm³/mol. The number of carbonyl (C=O) groups excluding carboxylic acids is 4. The Labute approximate surface area is 543 Å². The third-order valence-corrected chi connectivity index (χ3v) is 18.2. The average molecular weight is 1310 g/mol. The van der Waals surface area contributed by atoms with E-state index in [1.165, 1.54) is 180 Å². The second-order valence-electron chi connectivity index (χ2n) is 25.7. The summed E-state index contributed by atoms with van der Waals surface area (Å²) in [6.07, 6.45) is 50.7. The van der Waals surface area contributed by atoms with E-state index in [0.29, 0.717) is 31.6 Å². The van der Waals surface area contributed by atoms with E-state index < -0.39 is 97.5 Å². The number of rotatable bonds is 70. The van der Waals surface area contributed by atoms with Gasteiger partial charge in [0.05, 0.1) is 26.4 Å². The molecule has 5 atom stereocenters. The first-order valence-corrected chi connectivity index (χ1v) is 39.6. The van der Waals surface area contributed by atoms with Gasteiger partial charge < -0.3 is 33.8 Å². The Bertz CT molecular complexity index is 1720. The van der Waals surface area contributed by atoms with Crippen LogP contribution in [0.5, 0.6) is 0 Å². The quantitative estimate of drug-likeness (QED) is 0.0222. The van der Waals surface area contributed by atoms with Crippen molar-refractivity contribution in [1.29, 1.82) is 0 Å². The molecule has 0 aliphatic heterocycles. The zero-order chi connectivity index (χ0) is 65.6. The molecule has 89 heavy (non-hydrogen) atoms. The van der Waals surface area contributed by atoms with Crippen molar-refractivity contribution in [3.63, 3.8) is 0 Å². The summed E-state index contributed by atoms with van der Waals surface area (Å²) in [6.45, 7) is 7.06. The van der Waals surface area contributed by atoms with Crippen LogP contribution >= 0.6 is 15.6 Å². The van der Waals surface area contributed by atoms with Gasteiger partial charge in [-0.3, -0.25) is 37.3 Å². The van der Waals surface area contributed by atoms with Crippen LogP contribution in [-0.4, -0.2) is 96.7 Å². The number of aliphatic hydroxyl groups is 1. The Morgan fingerprint density at radius 2 is 0.517 bits per heavy atom. The Morgan fingerprint density at radius 1 is 0.303 bits per heavy atom. The number of ether oxygens (including phenoxy) is 4. The molecule has 0 bridgehead atoms. The first-order chi connectivity index (χ1) is 43.0. The van der Waals surface area contributed by atoms with Crippen LogP contribution in [0, 0.1) is 5.92 Å². The van der Waals surface area contributed by atoms with E-state index in [4.69, 9.17) is 37.0 Å².